The summed E-state index contributed by atoms with van der Waals surface area (Å²) in [5.74, 6) is -0.568. The summed E-state index contributed by atoms with van der Waals surface area (Å²) in [4.78, 5) is 12.3. The molecule has 1 amide bonds. The first-order valence-corrected chi connectivity index (χ1v) is 8.21. The van der Waals surface area contributed by atoms with Gasteiger partial charge < -0.3 is 0 Å². The third-order valence-electron chi connectivity index (χ3n) is 3.28. The van der Waals surface area contributed by atoms with Crippen molar-refractivity contribution < 1.29 is 13.2 Å². The predicted octanol–water partition coefficient (Wildman–Crippen LogP) is 3.34. The zero-order chi connectivity index (χ0) is 15.2. The summed E-state index contributed by atoms with van der Waals surface area (Å²) in [7, 11) is -3.86. The lowest BCUT2D eigenvalue weighted by atomic mass is 10.2. The molecule has 0 saturated heterocycles. The van der Waals surface area contributed by atoms with Crippen LogP contribution in [0, 0.1) is 0 Å². The van der Waals surface area contributed by atoms with Gasteiger partial charge in [-0.25, -0.2) is 12.7 Å². The number of halogens is 2. The van der Waals surface area contributed by atoms with E-state index in [2.05, 4.69) is 0 Å². The number of amides is 1. The lowest BCUT2D eigenvalue weighted by Gasteiger charge is -2.16. The van der Waals surface area contributed by atoms with Crippen LogP contribution in [0.2, 0.25) is 10.0 Å². The SMILES string of the molecule is O=C1c2ccccc2S(=O)(=O)N1Cc1c(Cl)cccc1Cl. The lowest BCUT2D eigenvalue weighted by Crippen LogP contribution is -2.29. The first-order valence-electron chi connectivity index (χ1n) is 6.02. The van der Waals surface area contributed by atoms with Crippen molar-refractivity contribution in [2.75, 3.05) is 0 Å². The van der Waals surface area contributed by atoms with E-state index in [0.717, 1.165) is 4.31 Å². The van der Waals surface area contributed by atoms with Crippen molar-refractivity contribution in [3.8, 4) is 0 Å². The Morgan fingerprint density at radius 2 is 1.57 bits per heavy atom. The molecule has 3 rings (SSSR count). The average molecular weight is 342 g/mol. The topological polar surface area (TPSA) is 54.5 Å². The Kier molecular flexibility index (Phi) is 3.43. The van der Waals surface area contributed by atoms with Crippen molar-refractivity contribution in [1.82, 2.24) is 4.31 Å². The van der Waals surface area contributed by atoms with Crippen LogP contribution in [0.25, 0.3) is 0 Å². The second-order valence-corrected chi connectivity index (χ2v) is 7.16. The van der Waals surface area contributed by atoms with Crippen LogP contribution < -0.4 is 0 Å². The summed E-state index contributed by atoms with van der Waals surface area (Å²) in [6.07, 6.45) is 0. The molecule has 0 radical (unpaired) electrons. The summed E-state index contributed by atoms with van der Waals surface area (Å²) >= 11 is 12.1. The Balaban J connectivity index is 2.08. The van der Waals surface area contributed by atoms with Gasteiger partial charge in [-0.15, -0.1) is 0 Å². The Morgan fingerprint density at radius 3 is 2.19 bits per heavy atom. The summed E-state index contributed by atoms with van der Waals surface area (Å²) in [5.41, 5.74) is 0.575. The van der Waals surface area contributed by atoms with E-state index in [4.69, 9.17) is 23.2 Å². The number of sulfonamides is 1. The van der Waals surface area contributed by atoms with E-state index in [1.807, 2.05) is 0 Å². The molecule has 0 aromatic heterocycles. The van der Waals surface area contributed by atoms with Crippen molar-refractivity contribution in [1.29, 1.82) is 0 Å². The fraction of sp³-hybridized carbons (Fsp3) is 0.0714. The molecular formula is C14H9Cl2NO3S. The van der Waals surface area contributed by atoms with Crippen molar-refractivity contribution in [3.63, 3.8) is 0 Å². The van der Waals surface area contributed by atoms with E-state index in [-0.39, 0.29) is 17.0 Å². The van der Waals surface area contributed by atoms with Gasteiger partial charge in [0.1, 0.15) is 4.90 Å². The van der Waals surface area contributed by atoms with Crippen LogP contribution in [0.1, 0.15) is 15.9 Å². The first-order chi connectivity index (χ1) is 9.93. The molecule has 1 aliphatic rings. The fourth-order valence-corrected chi connectivity index (χ4v) is 4.27. The Labute approximate surface area is 132 Å². The van der Waals surface area contributed by atoms with E-state index in [1.54, 1.807) is 30.3 Å². The minimum absolute atomic E-state index is 0.0122. The highest BCUT2D eigenvalue weighted by atomic mass is 35.5. The zero-order valence-electron chi connectivity index (χ0n) is 10.6. The third-order valence-corrected chi connectivity index (χ3v) is 5.77. The van der Waals surface area contributed by atoms with E-state index in [0.29, 0.717) is 15.6 Å². The molecule has 21 heavy (non-hydrogen) atoms. The van der Waals surface area contributed by atoms with Gasteiger partial charge in [-0.3, -0.25) is 4.79 Å². The maximum Gasteiger partial charge on any atom is 0.269 e. The number of fused-ring (bicyclic) bond motifs is 1. The van der Waals surface area contributed by atoms with Gasteiger partial charge in [0, 0.05) is 15.6 Å². The smallest absolute Gasteiger partial charge is 0.268 e. The molecule has 0 atom stereocenters. The molecule has 0 N–H and O–H groups in total. The lowest BCUT2D eigenvalue weighted by molar-refractivity contribution is 0.0865. The van der Waals surface area contributed by atoms with Gasteiger partial charge in [0.2, 0.25) is 0 Å². The molecule has 7 heteroatoms. The molecule has 0 aliphatic carbocycles. The molecule has 1 aliphatic heterocycles. The van der Waals surface area contributed by atoms with E-state index in [1.165, 1.54) is 12.1 Å². The van der Waals surface area contributed by atoms with Crippen molar-refractivity contribution in [2.45, 2.75) is 11.4 Å². The van der Waals surface area contributed by atoms with E-state index >= 15 is 0 Å². The number of hydrogen-bond donors (Lipinski definition) is 0. The van der Waals surface area contributed by atoms with Crippen LogP contribution in [0.15, 0.2) is 47.4 Å². The highest BCUT2D eigenvalue weighted by Gasteiger charge is 2.41. The second kappa shape index (κ2) is 5.02. The highest BCUT2D eigenvalue weighted by Crippen LogP contribution is 2.34. The van der Waals surface area contributed by atoms with Gasteiger partial charge >= 0.3 is 0 Å². The number of rotatable bonds is 2. The number of carbonyl (C=O) groups excluding carboxylic acids is 1. The molecule has 0 fully saturated rings. The molecule has 0 unspecified atom stereocenters. The maximum atomic E-state index is 12.4. The molecule has 0 saturated carbocycles. The molecule has 2 aromatic rings. The Morgan fingerprint density at radius 1 is 0.952 bits per heavy atom. The van der Waals surface area contributed by atoms with E-state index < -0.39 is 15.9 Å². The predicted molar refractivity (Wildman–Crippen MR) is 80.0 cm³/mol. The molecule has 2 aromatic carbocycles. The van der Waals surface area contributed by atoms with E-state index in [9.17, 15) is 13.2 Å². The number of hydrogen-bond acceptors (Lipinski definition) is 3. The standard InChI is InChI=1S/C14H9Cl2NO3S/c15-11-5-3-6-12(16)10(11)8-17-14(18)9-4-1-2-7-13(9)21(17,19)20/h1-7H,8H2. The van der Waals surface area contributed by atoms with Gasteiger partial charge in [0.15, 0.2) is 0 Å². The number of carbonyl (C=O) groups is 1. The van der Waals surface area contributed by atoms with Gasteiger partial charge in [-0.2, -0.15) is 0 Å². The van der Waals surface area contributed by atoms with Gasteiger partial charge in [-0.05, 0) is 24.3 Å². The molecule has 4 nitrogen and oxygen atoms in total. The Hall–Kier alpha value is -1.56. The van der Waals surface area contributed by atoms with Crippen molar-refractivity contribution in [2.24, 2.45) is 0 Å². The maximum absolute atomic E-state index is 12.4. The van der Waals surface area contributed by atoms with Crippen molar-refractivity contribution >= 4 is 39.1 Å². The summed E-state index contributed by atoms with van der Waals surface area (Å²) in [6.45, 7) is -0.186. The van der Waals surface area contributed by atoms with Crippen LogP contribution in [-0.2, 0) is 16.6 Å². The number of nitrogens with zero attached hydrogens (tertiary/aromatic N) is 1. The average Bonchev–Trinajstić information content (AvgIpc) is 2.64. The monoisotopic (exact) mass is 341 g/mol. The zero-order valence-corrected chi connectivity index (χ0v) is 12.9. The normalized spacial score (nSPS) is 16.1. The first kappa shape index (κ1) is 14.4. The minimum Gasteiger partial charge on any atom is -0.268 e. The molecule has 108 valence electrons. The molecule has 0 spiro atoms. The fourth-order valence-electron chi connectivity index (χ4n) is 2.21. The number of benzene rings is 2. The van der Waals surface area contributed by atoms with Crippen LogP contribution in [0.4, 0.5) is 0 Å². The quantitative estimate of drug-likeness (QED) is 0.841. The summed E-state index contributed by atoms with van der Waals surface area (Å²) in [6, 6.07) is 11.0. The van der Waals surface area contributed by atoms with Crippen LogP contribution in [0.5, 0.6) is 0 Å². The molecule has 0 bridgehead atoms. The third kappa shape index (κ3) is 2.21. The highest BCUT2D eigenvalue weighted by molar-refractivity contribution is 7.90. The van der Waals surface area contributed by atoms with Gasteiger partial charge in [0.05, 0.1) is 12.1 Å². The summed E-state index contributed by atoms with van der Waals surface area (Å²) in [5, 5.41) is 0.642. The molecular weight excluding hydrogens is 333 g/mol. The second-order valence-electron chi connectivity index (χ2n) is 4.51. The minimum atomic E-state index is -3.86. The van der Waals surface area contributed by atoms with Crippen molar-refractivity contribution in [3.05, 3.63) is 63.6 Å². The summed E-state index contributed by atoms with van der Waals surface area (Å²) < 4.78 is 25.7. The van der Waals surface area contributed by atoms with Gasteiger partial charge in [0.25, 0.3) is 15.9 Å². The van der Waals surface area contributed by atoms with Crippen LogP contribution in [-0.4, -0.2) is 18.6 Å². The largest absolute Gasteiger partial charge is 0.269 e. The molecule has 1 heterocycles. The van der Waals surface area contributed by atoms with Gasteiger partial charge in [-0.1, -0.05) is 41.4 Å². The Bertz CT molecular complexity index is 829. The van der Waals surface area contributed by atoms with Crippen LogP contribution >= 0.6 is 23.2 Å². The van der Waals surface area contributed by atoms with Crippen LogP contribution in [0.3, 0.4) is 0 Å².